The third kappa shape index (κ3) is 10.3. The van der Waals surface area contributed by atoms with Crippen LogP contribution in [0.2, 0.25) is 0 Å². The Morgan fingerprint density at radius 2 is 1.72 bits per heavy atom. The van der Waals surface area contributed by atoms with E-state index in [1.54, 1.807) is 54.2 Å². The number of likely N-dealkylation sites (N-methyl/N-ethyl adjacent to an activating group) is 1. The van der Waals surface area contributed by atoms with Gasteiger partial charge in [-0.15, -0.1) is 5.10 Å². The molecule has 5 aromatic carbocycles. The number of aliphatic hydroxyl groups is 1. The summed E-state index contributed by atoms with van der Waals surface area (Å²) in [7, 11) is 0.706. The summed E-state index contributed by atoms with van der Waals surface area (Å²) in [6.07, 6.45) is 2.11. The lowest BCUT2D eigenvalue weighted by atomic mass is 9.86. The number of aliphatic hydroxyl groups excluding tert-OH is 1. The molecule has 3 aliphatic rings. The maximum absolute atomic E-state index is 14.4. The summed E-state index contributed by atoms with van der Waals surface area (Å²) in [5.74, 6) is -2.29. The average molecular weight is 1030 g/mol. The fourth-order valence-electron chi connectivity index (χ4n) is 10.3. The summed E-state index contributed by atoms with van der Waals surface area (Å²) in [5, 5.41) is 33.1. The van der Waals surface area contributed by atoms with E-state index in [2.05, 4.69) is 15.6 Å². The van der Waals surface area contributed by atoms with Gasteiger partial charge < -0.3 is 34.6 Å². The molecule has 388 valence electrons. The molecule has 4 amide bonds. The van der Waals surface area contributed by atoms with E-state index in [9.17, 15) is 42.6 Å². The Balaban J connectivity index is 0.771. The number of aromatic nitrogens is 3. The van der Waals surface area contributed by atoms with Crippen molar-refractivity contribution >= 4 is 61.4 Å². The first-order valence-electron chi connectivity index (χ1n) is 24.7. The molecule has 0 aliphatic carbocycles. The number of carboxylic acids is 1. The zero-order valence-electron chi connectivity index (χ0n) is 41.9. The number of fused-ring (bicyclic) bond motifs is 2. The van der Waals surface area contributed by atoms with Crippen LogP contribution in [0.5, 0.6) is 17.2 Å². The highest BCUT2D eigenvalue weighted by atomic mass is 32.2. The van der Waals surface area contributed by atoms with Gasteiger partial charge in [0.15, 0.2) is 6.61 Å². The second-order valence-corrected chi connectivity index (χ2v) is 21.2. The number of piperidine rings is 1. The topological polar surface area (TPSA) is 240 Å². The number of carboxylic acid groups (broad SMARTS) is 1. The first kappa shape index (κ1) is 51.5. The molecular formula is C54H59N7O12S. The van der Waals surface area contributed by atoms with Gasteiger partial charge in [-0.3, -0.25) is 28.9 Å². The minimum Gasteiger partial charge on any atom is -0.494 e. The molecule has 20 heteroatoms. The maximum Gasteiger partial charge on any atom is 0.304 e. The number of benzene rings is 5. The molecule has 0 spiro atoms. The molecule has 4 atom stereocenters. The number of rotatable bonds is 18. The third-order valence-corrected chi connectivity index (χ3v) is 16.1. The van der Waals surface area contributed by atoms with Crippen LogP contribution in [0.4, 0.5) is 0 Å². The highest BCUT2D eigenvalue weighted by Crippen LogP contribution is 2.39. The number of hydrogen-bond donors (Lipinski definition) is 3. The first-order chi connectivity index (χ1) is 35.4. The number of ether oxygens (including phenoxy) is 3. The highest BCUT2D eigenvalue weighted by Gasteiger charge is 2.44. The quantitative estimate of drug-likeness (QED) is 0.0676. The van der Waals surface area contributed by atoms with Crippen LogP contribution in [0.1, 0.15) is 106 Å². The maximum atomic E-state index is 14.4. The SMILES string of the molecule is COc1cc([C@@H](CC(=O)O)c2ccc(C)c(CN3C[C@@H](C)Oc4cc(CCCCCCNC(=O)COc5cc6c7c(cccc7c5)C(=O)N(C5CCC(=O)N(C)C5O)C6=O)ccc4S3(=O)=O)c2)cc2nnn(C)c12. The summed E-state index contributed by atoms with van der Waals surface area (Å²) < 4.78 is 49.5. The predicted molar refractivity (Wildman–Crippen MR) is 271 cm³/mol. The number of hydrogen-bond acceptors (Lipinski definition) is 13. The van der Waals surface area contributed by atoms with Gasteiger partial charge in [-0.2, -0.15) is 4.31 Å². The molecule has 1 fully saturated rings. The number of imide groups is 1. The van der Waals surface area contributed by atoms with E-state index >= 15 is 0 Å². The molecular weight excluding hydrogens is 971 g/mol. The number of aryl methyl sites for hydroxylation is 3. The molecule has 3 N–H and O–H groups in total. The summed E-state index contributed by atoms with van der Waals surface area (Å²) in [5.41, 5.74) is 5.66. The summed E-state index contributed by atoms with van der Waals surface area (Å²) in [6, 6.07) is 21.8. The summed E-state index contributed by atoms with van der Waals surface area (Å²) >= 11 is 0. The van der Waals surface area contributed by atoms with Gasteiger partial charge in [-0.25, -0.2) is 13.1 Å². The summed E-state index contributed by atoms with van der Waals surface area (Å²) in [4.78, 5) is 67.0. The minimum absolute atomic E-state index is 0.0474. The molecule has 9 rings (SSSR count). The molecule has 0 bridgehead atoms. The average Bonchev–Trinajstić information content (AvgIpc) is 3.73. The fraction of sp³-hybridized carbons (Fsp3) is 0.389. The van der Waals surface area contributed by atoms with Crippen LogP contribution in [0.15, 0.2) is 83.8 Å². The number of nitrogens with one attached hydrogen (secondary N) is 1. The molecule has 6 aromatic rings. The Hall–Kier alpha value is -7.42. The van der Waals surface area contributed by atoms with E-state index in [1.165, 1.54) is 24.5 Å². The van der Waals surface area contributed by atoms with E-state index in [1.807, 2.05) is 44.2 Å². The van der Waals surface area contributed by atoms with Gasteiger partial charge in [0.1, 0.15) is 45.5 Å². The number of sulfonamides is 1. The van der Waals surface area contributed by atoms with Crippen molar-refractivity contribution in [3.8, 4) is 17.2 Å². The van der Waals surface area contributed by atoms with Crippen molar-refractivity contribution in [2.75, 3.05) is 33.9 Å². The number of carbonyl (C=O) groups is 5. The van der Waals surface area contributed by atoms with Crippen LogP contribution in [0.25, 0.3) is 21.8 Å². The van der Waals surface area contributed by atoms with Crippen LogP contribution >= 0.6 is 0 Å². The van der Waals surface area contributed by atoms with Crippen LogP contribution in [0.3, 0.4) is 0 Å². The third-order valence-electron chi connectivity index (χ3n) is 14.3. The second-order valence-electron chi connectivity index (χ2n) is 19.3. The van der Waals surface area contributed by atoms with Gasteiger partial charge in [0.2, 0.25) is 15.9 Å². The van der Waals surface area contributed by atoms with Gasteiger partial charge in [0, 0.05) is 50.5 Å². The smallest absolute Gasteiger partial charge is 0.304 e. The lowest BCUT2D eigenvalue weighted by Crippen LogP contribution is -2.59. The van der Waals surface area contributed by atoms with Crippen molar-refractivity contribution in [2.24, 2.45) is 7.05 Å². The molecule has 19 nitrogen and oxygen atoms in total. The van der Waals surface area contributed by atoms with Crippen molar-refractivity contribution in [3.63, 3.8) is 0 Å². The van der Waals surface area contributed by atoms with Crippen molar-refractivity contribution < 1.29 is 56.8 Å². The van der Waals surface area contributed by atoms with Crippen LogP contribution in [-0.2, 0) is 44.4 Å². The zero-order valence-corrected chi connectivity index (χ0v) is 42.7. The monoisotopic (exact) mass is 1030 g/mol. The Morgan fingerprint density at radius 1 is 0.932 bits per heavy atom. The van der Waals surface area contributed by atoms with Crippen molar-refractivity contribution in [2.45, 2.75) is 101 Å². The van der Waals surface area contributed by atoms with Crippen molar-refractivity contribution in [1.29, 1.82) is 0 Å². The van der Waals surface area contributed by atoms with E-state index in [-0.39, 0.29) is 67.0 Å². The van der Waals surface area contributed by atoms with E-state index < -0.39 is 52.1 Å². The van der Waals surface area contributed by atoms with E-state index in [0.29, 0.717) is 63.0 Å². The molecule has 1 saturated heterocycles. The fourth-order valence-corrected chi connectivity index (χ4v) is 11.9. The molecule has 3 aliphatic heterocycles. The molecule has 1 aromatic heterocycles. The predicted octanol–water partition coefficient (Wildman–Crippen LogP) is 5.85. The van der Waals surface area contributed by atoms with Gasteiger partial charge in [0.05, 0.1) is 31.7 Å². The largest absolute Gasteiger partial charge is 0.494 e. The molecule has 0 saturated carbocycles. The summed E-state index contributed by atoms with van der Waals surface area (Å²) in [6.45, 7) is 4.00. The minimum atomic E-state index is -4.02. The van der Waals surface area contributed by atoms with Gasteiger partial charge in [-0.1, -0.05) is 54.5 Å². The Kier molecular flexibility index (Phi) is 14.7. The molecule has 4 heterocycles. The standard InChI is InChI=1S/C54H59N7O12S/c1-31-14-16-34(40(27-49(64)65)36-24-42-51(45(25-36)71-5)59(4)57-56-42)22-37(31)29-60-28-32(2)73-44-21-33(15-18-46(44)74(60,69)70)11-8-6-7-9-20-55-47(62)30-72-38-23-35-12-10-13-39-50(35)41(26-38)53(67)61(52(39)66)43-17-19-48(63)58(3)54(43)68/h10,12-16,18,21-26,32,40,43,54,68H,6-9,11,17,19-20,27-30H2,1-5H3,(H,55,62)(H,64,65)/t32-,40+,43?,54?/m1/s1. The highest BCUT2D eigenvalue weighted by molar-refractivity contribution is 7.89. The van der Waals surface area contributed by atoms with Gasteiger partial charge >= 0.3 is 5.97 Å². The van der Waals surface area contributed by atoms with Crippen LogP contribution < -0.4 is 19.5 Å². The number of methoxy groups -OCH3 is 1. The molecule has 2 unspecified atom stereocenters. The van der Waals surface area contributed by atoms with Gasteiger partial charge in [-0.05, 0) is 115 Å². The van der Waals surface area contributed by atoms with Gasteiger partial charge in [0.25, 0.3) is 17.7 Å². The second kappa shape index (κ2) is 21.2. The zero-order chi connectivity index (χ0) is 52.6. The Bertz CT molecular complexity index is 3320. The van der Waals surface area contributed by atoms with Crippen molar-refractivity contribution in [1.82, 2.24) is 34.4 Å². The normalized spacial score (nSPS) is 19.0. The Morgan fingerprint density at radius 3 is 2.50 bits per heavy atom. The lowest BCUT2D eigenvalue weighted by Gasteiger charge is -2.42. The number of aliphatic carboxylic acids is 1. The van der Waals surface area contributed by atoms with E-state index in [0.717, 1.165) is 52.2 Å². The number of unbranched alkanes of at least 4 members (excludes halogenated alkanes) is 3. The number of nitrogens with zero attached hydrogens (tertiary/aromatic N) is 6. The number of carbonyl (C=O) groups excluding carboxylic acids is 4. The number of likely N-dealkylation sites (tertiary alicyclic amines) is 1. The molecule has 74 heavy (non-hydrogen) atoms. The van der Waals surface area contributed by atoms with Crippen LogP contribution in [-0.4, -0.2) is 130 Å². The molecule has 0 radical (unpaired) electrons. The Labute approximate surface area is 428 Å². The van der Waals surface area contributed by atoms with Crippen LogP contribution in [0, 0.1) is 6.92 Å². The first-order valence-corrected chi connectivity index (χ1v) is 26.1. The van der Waals surface area contributed by atoms with Crippen molar-refractivity contribution in [3.05, 3.63) is 118 Å². The lowest BCUT2D eigenvalue weighted by molar-refractivity contribution is -0.149. The van der Waals surface area contributed by atoms with E-state index in [4.69, 9.17) is 14.2 Å². The number of amides is 4.